The van der Waals surface area contributed by atoms with Crippen molar-refractivity contribution in [3.63, 3.8) is 0 Å². The summed E-state index contributed by atoms with van der Waals surface area (Å²) in [6.45, 7) is 6.58. The van der Waals surface area contributed by atoms with Gasteiger partial charge in [0.05, 0.1) is 13.0 Å². The molecule has 2 atom stereocenters. The third-order valence-corrected chi connectivity index (χ3v) is 3.14. The predicted molar refractivity (Wildman–Crippen MR) is 67.7 cm³/mol. The van der Waals surface area contributed by atoms with Crippen LogP contribution < -0.4 is 0 Å². The Morgan fingerprint density at radius 2 is 2.24 bits per heavy atom. The van der Waals surface area contributed by atoms with Gasteiger partial charge in [-0.1, -0.05) is 26.3 Å². The minimum atomic E-state index is -0.123. The molecule has 0 aliphatic carbocycles. The zero-order valence-electron chi connectivity index (χ0n) is 10.8. The highest BCUT2D eigenvalue weighted by Crippen LogP contribution is 2.29. The second-order valence-electron chi connectivity index (χ2n) is 4.29. The van der Waals surface area contributed by atoms with Crippen LogP contribution in [0.2, 0.25) is 0 Å². The van der Waals surface area contributed by atoms with Gasteiger partial charge >= 0.3 is 5.97 Å². The number of hydrogen-bond acceptors (Lipinski definition) is 3. The van der Waals surface area contributed by atoms with Gasteiger partial charge in [-0.15, -0.1) is 0 Å². The van der Waals surface area contributed by atoms with Crippen LogP contribution in [0, 0.1) is 5.92 Å². The quantitative estimate of drug-likeness (QED) is 0.711. The first kappa shape index (κ1) is 13.7. The Labute approximate surface area is 103 Å². The number of rotatable bonds is 6. The lowest BCUT2D eigenvalue weighted by Gasteiger charge is -2.22. The normalized spacial score (nSPS) is 14.1. The molecule has 0 saturated heterocycles. The lowest BCUT2D eigenvalue weighted by molar-refractivity contribution is -0.143. The molecule has 1 heterocycles. The first-order valence-electron chi connectivity index (χ1n) is 6.24. The summed E-state index contributed by atoms with van der Waals surface area (Å²) in [6, 6.07) is 3.94. The molecule has 0 aliphatic heterocycles. The van der Waals surface area contributed by atoms with Crippen molar-refractivity contribution in [2.45, 2.75) is 39.5 Å². The molecule has 0 saturated carbocycles. The molecule has 94 valence electrons. The molecule has 0 bridgehead atoms. The van der Waals surface area contributed by atoms with Gasteiger partial charge in [0.25, 0.3) is 0 Å². The molecule has 3 heteroatoms. The maximum absolute atomic E-state index is 11.6. The standard InChI is InChI=1S/C14H21NO2/c1-4-11(3)13(9-14(16)17-5-2)12-7-6-8-15-10-12/h6-8,10-11,13H,4-5,9H2,1-3H3. The highest BCUT2D eigenvalue weighted by molar-refractivity contribution is 5.70. The van der Waals surface area contributed by atoms with E-state index in [-0.39, 0.29) is 11.9 Å². The van der Waals surface area contributed by atoms with E-state index in [1.165, 1.54) is 0 Å². The fourth-order valence-corrected chi connectivity index (χ4v) is 1.93. The van der Waals surface area contributed by atoms with E-state index in [1.54, 1.807) is 6.20 Å². The van der Waals surface area contributed by atoms with Crippen molar-refractivity contribution in [2.24, 2.45) is 5.92 Å². The first-order valence-corrected chi connectivity index (χ1v) is 6.24. The molecule has 0 fully saturated rings. The maximum Gasteiger partial charge on any atom is 0.306 e. The van der Waals surface area contributed by atoms with Crippen molar-refractivity contribution in [3.8, 4) is 0 Å². The van der Waals surface area contributed by atoms with Gasteiger partial charge in [-0.25, -0.2) is 0 Å². The van der Waals surface area contributed by atoms with Crippen LogP contribution in [0.15, 0.2) is 24.5 Å². The Morgan fingerprint density at radius 3 is 2.76 bits per heavy atom. The number of ether oxygens (including phenoxy) is 1. The highest BCUT2D eigenvalue weighted by atomic mass is 16.5. The van der Waals surface area contributed by atoms with Crippen LogP contribution in [0.4, 0.5) is 0 Å². The molecule has 0 amide bonds. The van der Waals surface area contributed by atoms with E-state index in [2.05, 4.69) is 18.8 Å². The Morgan fingerprint density at radius 1 is 1.47 bits per heavy atom. The lowest BCUT2D eigenvalue weighted by atomic mass is 9.84. The van der Waals surface area contributed by atoms with Crippen molar-refractivity contribution >= 4 is 5.97 Å². The van der Waals surface area contributed by atoms with E-state index in [0.717, 1.165) is 12.0 Å². The summed E-state index contributed by atoms with van der Waals surface area (Å²) >= 11 is 0. The second kappa shape index (κ2) is 7.05. The van der Waals surface area contributed by atoms with Gasteiger partial charge in [0, 0.05) is 12.4 Å². The molecule has 1 aromatic heterocycles. The van der Waals surface area contributed by atoms with Crippen LogP contribution >= 0.6 is 0 Å². The minimum Gasteiger partial charge on any atom is -0.466 e. The van der Waals surface area contributed by atoms with Gasteiger partial charge in [-0.2, -0.15) is 0 Å². The Bertz CT molecular complexity index is 337. The lowest BCUT2D eigenvalue weighted by Crippen LogP contribution is -2.16. The second-order valence-corrected chi connectivity index (χ2v) is 4.29. The zero-order valence-corrected chi connectivity index (χ0v) is 10.8. The summed E-state index contributed by atoms with van der Waals surface area (Å²) < 4.78 is 5.03. The van der Waals surface area contributed by atoms with Crippen LogP contribution in [-0.4, -0.2) is 17.6 Å². The third-order valence-electron chi connectivity index (χ3n) is 3.14. The molecule has 1 rings (SSSR count). The van der Waals surface area contributed by atoms with Gasteiger partial charge < -0.3 is 4.74 Å². The minimum absolute atomic E-state index is 0.123. The largest absolute Gasteiger partial charge is 0.466 e. The van der Waals surface area contributed by atoms with Crippen LogP contribution in [0.25, 0.3) is 0 Å². The number of hydrogen-bond donors (Lipinski definition) is 0. The monoisotopic (exact) mass is 235 g/mol. The molecule has 1 aromatic rings. The first-order chi connectivity index (χ1) is 8.19. The smallest absolute Gasteiger partial charge is 0.306 e. The van der Waals surface area contributed by atoms with E-state index in [0.29, 0.717) is 18.9 Å². The molecular formula is C14H21NO2. The Kier molecular flexibility index (Phi) is 5.67. The topological polar surface area (TPSA) is 39.2 Å². The average Bonchev–Trinajstić information content (AvgIpc) is 2.36. The van der Waals surface area contributed by atoms with Crippen LogP contribution in [-0.2, 0) is 9.53 Å². The molecule has 0 N–H and O–H groups in total. The number of carbonyl (C=O) groups excluding carboxylic acids is 1. The summed E-state index contributed by atoms with van der Waals surface area (Å²) in [7, 11) is 0. The molecule has 2 unspecified atom stereocenters. The number of aromatic nitrogens is 1. The third kappa shape index (κ3) is 4.17. The molecule has 0 aromatic carbocycles. The van der Waals surface area contributed by atoms with E-state index in [1.807, 2.05) is 25.3 Å². The summed E-state index contributed by atoms with van der Waals surface area (Å²) in [6.07, 6.45) is 5.07. The van der Waals surface area contributed by atoms with Gasteiger partial charge in [-0.3, -0.25) is 9.78 Å². The molecular weight excluding hydrogens is 214 g/mol. The zero-order chi connectivity index (χ0) is 12.7. The van der Waals surface area contributed by atoms with Crippen molar-refractivity contribution in [3.05, 3.63) is 30.1 Å². The molecule has 3 nitrogen and oxygen atoms in total. The van der Waals surface area contributed by atoms with Crippen molar-refractivity contribution in [1.29, 1.82) is 0 Å². The maximum atomic E-state index is 11.6. The highest BCUT2D eigenvalue weighted by Gasteiger charge is 2.22. The van der Waals surface area contributed by atoms with Gasteiger partial charge in [-0.05, 0) is 30.4 Å². The predicted octanol–water partition coefficient (Wildman–Crippen LogP) is 3.16. The number of carbonyl (C=O) groups is 1. The van der Waals surface area contributed by atoms with Crippen molar-refractivity contribution in [2.75, 3.05) is 6.61 Å². The summed E-state index contributed by atoms with van der Waals surface area (Å²) in [4.78, 5) is 15.7. The van der Waals surface area contributed by atoms with E-state index in [4.69, 9.17) is 4.74 Å². The number of nitrogens with zero attached hydrogens (tertiary/aromatic N) is 1. The van der Waals surface area contributed by atoms with Crippen LogP contribution in [0.5, 0.6) is 0 Å². The average molecular weight is 235 g/mol. The molecule has 17 heavy (non-hydrogen) atoms. The fraction of sp³-hybridized carbons (Fsp3) is 0.571. The Hall–Kier alpha value is -1.38. The SMILES string of the molecule is CCOC(=O)CC(c1cccnc1)C(C)CC. The number of esters is 1. The van der Waals surface area contributed by atoms with Gasteiger partial charge in [0.1, 0.15) is 0 Å². The summed E-state index contributed by atoms with van der Waals surface area (Å²) in [5, 5.41) is 0. The van der Waals surface area contributed by atoms with Crippen LogP contribution in [0.1, 0.15) is 45.1 Å². The number of pyridine rings is 1. The van der Waals surface area contributed by atoms with E-state index < -0.39 is 0 Å². The summed E-state index contributed by atoms with van der Waals surface area (Å²) in [5.74, 6) is 0.526. The fourth-order valence-electron chi connectivity index (χ4n) is 1.93. The van der Waals surface area contributed by atoms with Gasteiger partial charge in [0.15, 0.2) is 0 Å². The molecule has 0 radical (unpaired) electrons. The molecule has 0 aliphatic rings. The molecule has 0 spiro atoms. The van der Waals surface area contributed by atoms with Crippen molar-refractivity contribution < 1.29 is 9.53 Å². The van der Waals surface area contributed by atoms with E-state index in [9.17, 15) is 4.79 Å². The van der Waals surface area contributed by atoms with E-state index >= 15 is 0 Å². The Balaban J connectivity index is 2.78. The van der Waals surface area contributed by atoms with Crippen molar-refractivity contribution in [1.82, 2.24) is 4.98 Å². The van der Waals surface area contributed by atoms with Crippen LogP contribution in [0.3, 0.4) is 0 Å². The van der Waals surface area contributed by atoms with Gasteiger partial charge in [0.2, 0.25) is 0 Å². The summed E-state index contributed by atoms with van der Waals surface area (Å²) in [5.41, 5.74) is 1.12.